The molecule has 0 heterocycles. The van der Waals surface area contributed by atoms with Crippen molar-refractivity contribution >= 4 is 21.9 Å². The first-order valence-electron chi connectivity index (χ1n) is 4.54. The predicted octanol–water partition coefficient (Wildman–Crippen LogP) is 2.23. The first-order valence-corrected chi connectivity index (χ1v) is 5.66. The second kappa shape index (κ2) is 6.19. The van der Waals surface area contributed by atoms with Crippen molar-refractivity contribution in [3.63, 3.8) is 0 Å². The Balaban J connectivity index is 3.11. The molecule has 0 saturated carbocycles. The zero-order valence-electron chi connectivity index (χ0n) is 9.04. The van der Waals surface area contributed by atoms with Gasteiger partial charge in [-0.3, -0.25) is 0 Å². The maximum Gasteiger partial charge on any atom is 0.341 e. The number of carbonyl (C=O) groups excluding carboxylic acids is 1. The van der Waals surface area contributed by atoms with Gasteiger partial charge in [0.25, 0.3) is 0 Å². The molecule has 1 aromatic carbocycles. The maximum absolute atomic E-state index is 11.4. The Bertz CT molecular complexity index is 443. The molecule has 0 aliphatic carbocycles. The first-order chi connectivity index (χ1) is 7.72. The van der Waals surface area contributed by atoms with Crippen LogP contribution in [0.1, 0.15) is 15.9 Å². The van der Waals surface area contributed by atoms with E-state index >= 15 is 0 Å². The Morgan fingerprint density at radius 1 is 1.44 bits per heavy atom. The predicted molar refractivity (Wildman–Crippen MR) is 65.0 cm³/mol. The zero-order valence-corrected chi connectivity index (χ0v) is 10.6. The highest BCUT2D eigenvalue weighted by molar-refractivity contribution is 9.09. The second-order valence-electron chi connectivity index (χ2n) is 2.84. The molecule has 0 bridgehead atoms. The molecule has 0 aromatic heterocycles. The number of hydrogen-bond acceptors (Lipinski definition) is 3. The summed E-state index contributed by atoms with van der Waals surface area (Å²) in [5.74, 6) is 5.84. The zero-order chi connectivity index (χ0) is 12.0. The van der Waals surface area contributed by atoms with Crippen molar-refractivity contribution in [1.29, 1.82) is 0 Å². The third kappa shape index (κ3) is 3.01. The van der Waals surface area contributed by atoms with Gasteiger partial charge in [-0.2, -0.15) is 0 Å². The van der Waals surface area contributed by atoms with Crippen LogP contribution in [0.4, 0.5) is 0 Å². The number of methoxy groups -OCH3 is 2. The smallest absolute Gasteiger partial charge is 0.341 e. The standard InChI is InChI=1S/C12H11BrO3/c1-15-11-8-9(4-3-7-13)5-6-10(11)12(14)16-2/h5-6,8H,7H2,1-2H3. The van der Waals surface area contributed by atoms with E-state index in [0.29, 0.717) is 16.6 Å². The summed E-state index contributed by atoms with van der Waals surface area (Å²) < 4.78 is 9.75. The lowest BCUT2D eigenvalue weighted by atomic mass is 10.1. The van der Waals surface area contributed by atoms with Crippen LogP contribution in [0.3, 0.4) is 0 Å². The molecular formula is C12H11BrO3. The van der Waals surface area contributed by atoms with Gasteiger partial charge in [-0.1, -0.05) is 27.8 Å². The number of halogens is 1. The van der Waals surface area contributed by atoms with Gasteiger partial charge in [-0.15, -0.1) is 0 Å². The first kappa shape index (κ1) is 12.6. The summed E-state index contributed by atoms with van der Waals surface area (Å²) in [5, 5.41) is 0.605. The van der Waals surface area contributed by atoms with Crippen LogP contribution in [0.15, 0.2) is 18.2 Å². The number of ether oxygens (including phenoxy) is 2. The molecule has 0 atom stereocenters. The summed E-state index contributed by atoms with van der Waals surface area (Å²) in [5.41, 5.74) is 1.19. The second-order valence-corrected chi connectivity index (χ2v) is 3.40. The Labute approximate surface area is 103 Å². The van der Waals surface area contributed by atoms with Crippen molar-refractivity contribution < 1.29 is 14.3 Å². The summed E-state index contributed by atoms with van der Waals surface area (Å²) in [6, 6.07) is 5.11. The minimum atomic E-state index is -0.420. The average molecular weight is 283 g/mol. The molecule has 0 spiro atoms. The Hall–Kier alpha value is -1.47. The molecule has 0 fully saturated rings. The monoisotopic (exact) mass is 282 g/mol. The highest BCUT2D eigenvalue weighted by Crippen LogP contribution is 2.20. The Morgan fingerprint density at radius 3 is 2.75 bits per heavy atom. The summed E-state index contributed by atoms with van der Waals surface area (Å²) in [6.07, 6.45) is 0. The van der Waals surface area contributed by atoms with E-state index in [1.54, 1.807) is 18.2 Å². The van der Waals surface area contributed by atoms with Gasteiger partial charge in [0.05, 0.1) is 19.5 Å². The highest BCUT2D eigenvalue weighted by atomic mass is 79.9. The molecule has 0 aliphatic heterocycles. The van der Waals surface area contributed by atoms with Crippen LogP contribution in [-0.2, 0) is 4.74 Å². The van der Waals surface area contributed by atoms with Crippen molar-refractivity contribution in [2.45, 2.75) is 0 Å². The van der Waals surface area contributed by atoms with Crippen LogP contribution in [0.2, 0.25) is 0 Å². The Morgan fingerprint density at radius 2 is 2.19 bits per heavy atom. The van der Waals surface area contributed by atoms with Gasteiger partial charge in [0.15, 0.2) is 0 Å². The maximum atomic E-state index is 11.4. The van der Waals surface area contributed by atoms with Gasteiger partial charge < -0.3 is 9.47 Å². The van der Waals surface area contributed by atoms with Gasteiger partial charge in [0.2, 0.25) is 0 Å². The van der Waals surface area contributed by atoms with Crippen LogP contribution in [0, 0.1) is 11.8 Å². The van der Waals surface area contributed by atoms with Gasteiger partial charge in [-0.25, -0.2) is 4.79 Å². The molecule has 4 heteroatoms. The van der Waals surface area contributed by atoms with E-state index in [0.717, 1.165) is 5.56 Å². The molecule has 0 radical (unpaired) electrons. The third-order valence-corrected chi connectivity index (χ3v) is 2.19. The molecule has 16 heavy (non-hydrogen) atoms. The molecular weight excluding hydrogens is 272 g/mol. The van der Waals surface area contributed by atoms with Crippen molar-refractivity contribution in [2.24, 2.45) is 0 Å². The lowest BCUT2D eigenvalue weighted by Crippen LogP contribution is -2.04. The number of alkyl halides is 1. The van der Waals surface area contributed by atoms with Crippen LogP contribution in [0.5, 0.6) is 5.75 Å². The van der Waals surface area contributed by atoms with Crippen LogP contribution in [0.25, 0.3) is 0 Å². The molecule has 0 unspecified atom stereocenters. The van der Waals surface area contributed by atoms with Gasteiger partial charge in [-0.05, 0) is 18.2 Å². The van der Waals surface area contributed by atoms with E-state index in [2.05, 4.69) is 32.5 Å². The van der Waals surface area contributed by atoms with Gasteiger partial charge in [0, 0.05) is 5.56 Å². The lowest BCUT2D eigenvalue weighted by Gasteiger charge is -2.06. The van der Waals surface area contributed by atoms with Crippen LogP contribution in [-0.4, -0.2) is 25.5 Å². The normalized spacial score (nSPS) is 8.94. The van der Waals surface area contributed by atoms with E-state index in [1.807, 2.05) is 0 Å². The molecule has 0 saturated heterocycles. The molecule has 3 nitrogen and oxygen atoms in total. The number of rotatable bonds is 2. The topological polar surface area (TPSA) is 35.5 Å². The van der Waals surface area contributed by atoms with Crippen molar-refractivity contribution in [2.75, 3.05) is 19.5 Å². The summed E-state index contributed by atoms with van der Waals surface area (Å²) in [6.45, 7) is 0. The van der Waals surface area contributed by atoms with E-state index < -0.39 is 5.97 Å². The molecule has 1 rings (SSSR count). The quantitative estimate of drug-likeness (QED) is 0.474. The number of esters is 1. The Kier molecular flexibility index (Phi) is 4.87. The van der Waals surface area contributed by atoms with Crippen molar-refractivity contribution in [3.05, 3.63) is 29.3 Å². The number of carbonyl (C=O) groups is 1. The molecule has 1 aromatic rings. The van der Waals surface area contributed by atoms with E-state index in [-0.39, 0.29) is 0 Å². The van der Waals surface area contributed by atoms with E-state index in [1.165, 1.54) is 14.2 Å². The van der Waals surface area contributed by atoms with Crippen molar-refractivity contribution in [1.82, 2.24) is 0 Å². The molecule has 0 amide bonds. The molecule has 0 aliphatic rings. The van der Waals surface area contributed by atoms with Gasteiger partial charge in [0.1, 0.15) is 11.3 Å². The summed E-state index contributed by atoms with van der Waals surface area (Å²) >= 11 is 3.21. The SMILES string of the molecule is COC(=O)c1ccc(C#CCBr)cc1OC. The largest absolute Gasteiger partial charge is 0.496 e. The fourth-order valence-electron chi connectivity index (χ4n) is 1.18. The summed E-state index contributed by atoms with van der Waals surface area (Å²) in [4.78, 5) is 11.4. The molecule has 84 valence electrons. The van der Waals surface area contributed by atoms with E-state index in [9.17, 15) is 4.79 Å². The molecule has 0 N–H and O–H groups in total. The van der Waals surface area contributed by atoms with Crippen LogP contribution < -0.4 is 4.74 Å². The fourth-order valence-corrected chi connectivity index (χ4v) is 1.32. The van der Waals surface area contributed by atoms with Gasteiger partial charge >= 0.3 is 5.97 Å². The highest BCUT2D eigenvalue weighted by Gasteiger charge is 2.12. The van der Waals surface area contributed by atoms with E-state index in [4.69, 9.17) is 4.74 Å². The number of benzene rings is 1. The van der Waals surface area contributed by atoms with Crippen LogP contribution >= 0.6 is 15.9 Å². The third-order valence-electron chi connectivity index (χ3n) is 1.91. The fraction of sp³-hybridized carbons (Fsp3) is 0.250. The average Bonchev–Trinajstić information content (AvgIpc) is 2.34. The minimum absolute atomic E-state index is 0.398. The summed E-state index contributed by atoms with van der Waals surface area (Å²) in [7, 11) is 2.84. The minimum Gasteiger partial charge on any atom is -0.496 e. The number of hydrogen-bond donors (Lipinski definition) is 0. The van der Waals surface area contributed by atoms with Crippen molar-refractivity contribution in [3.8, 4) is 17.6 Å². The lowest BCUT2D eigenvalue weighted by molar-refractivity contribution is 0.0597.